The van der Waals surface area contributed by atoms with Gasteiger partial charge < -0.3 is 30.7 Å². The molecule has 5 N–H and O–H groups in total. The maximum atomic E-state index is 14.0. The van der Waals surface area contributed by atoms with E-state index in [1.807, 2.05) is 57.2 Å². The maximum Gasteiger partial charge on any atom is 0.262 e. The summed E-state index contributed by atoms with van der Waals surface area (Å²) >= 11 is 0. The van der Waals surface area contributed by atoms with Crippen molar-refractivity contribution >= 4 is 70.3 Å². The fourth-order valence-corrected chi connectivity index (χ4v) is 11.1. The number of fused-ring (bicyclic) bond motifs is 4. The SMILES string of the molecule is CC(C)(C)c1cc(NC(=O)Cc2ccc(-c3nc4n5c(cnc(N)c35)/C=C/CCCN(C(=O)CCC3CCN(c5ccc6c(c5)C(=O)N(C5CCC(=O)NC5=O)C6=O)CC3)CC(=O)N[C@@H]3CCC[C@@H]4C3)cc2)no1. The third kappa shape index (κ3) is 10.4. The number of nitrogens with zero attached hydrogens (tertiary/aromatic N) is 7. The Morgan fingerprint density at radius 1 is 0.892 bits per heavy atom. The van der Waals surface area contributed by atoms with Gasteiger partial charge >= 0.3 is 0 Å². The first-order valence-electron chi connectivity index (χ1n) is 26.0. The Kier molecular flexibility index (Phi) is 13.9. The van der Waals surface area contributed by atoms with Crippen LogP contribution in [0.3, 0.4) is 0 Å². The number of hydrogen-bond acceptors (Lipinski definition) is 13. The van der Waals surface area contributed by atoms with Crippen LogP contribution in [0.25, 0.3) is 22.9 Å². The summed E-state index contributed by atoms with van der Waals surface area (Å²) in [5.74, 6) is -0.0159. The minimum atomic E-state index is -1.02. The molecule has 7 heterocycles. The minimum absolute atomic E-state index is 0.00146. The van der Waals surface area contributed by atoms with Gasteiger partial charge in [-0.15, -0.1) is 0 Å². The standard InChI is InChI=1S/C55H63N11O8/c1-55(2,3)42-29-43(62-74-42)59-45(68)26-33-11-14-34(15-12-33)48-49-50(56)57-30-38-10-5-4-6-23-64(31-46(69)58-36-9-7-8-35(27-36)51(61-48)65(38)49)47(70)20-13-32-21-24-63(25-22-32)37-16-17-39-40(28-37)54(73)66(53(39)72)41-18-19-44(67)60-52(41)71/h5,10-12,14-17,28-30,32,35-36,41H,4,6-9,13,18-27,31H2,1-3H3,(H2,56,57)(H,58,69)(H,59,62,68)(H,60,67,71)/b10-5+/t35-,36-,41?/m1/s1. The summed E-state index contributed by atoms with van der Waals surface area (Å²) in [5, 5.41) is 12.4. The Bertz CT molecular complexity index is 3070. The first-order valence-corrected chi connectivity index (χ1v) is 26.0. The van der Waals surface area contributed by atoms with E-state index in [0.717, 1.165) is 65.3 Å². The van der Waals surface area contributed by atoms with Crippen molar-refractivity contribution in [1.29, 1.82) is 0 Å². The van der Waals surface area contributed by atoms with Crippen molar-refractivity contribution in [3.63, 3.8) is 0 Å². The molecule has 4 aliphatic heterocycles. The van der Waals surface area contributed by atoms with Gasteiger partial charge in [0, 0.05) is 67.2 Å². The fourth-order valence-electron chi connectivity index (χ4n) is 11.1. The highest BCUT2D eigenvalue weighted by Crippen LogP contribution is 2.39. The van der Waals surface area contributed by atoms with E-state index in [9.17, 15) is 33.6 Å². The molecular formula is C55H63N11O8. The molecule has 5 aliphatic rings. The topological polar surface area (TPSA) is 248 Å². The summed E-state index contributed by atoms with van der Waals surface area (Å²) in [4.78, 5) is 107. The number of allylic oxidation sites excluding steroid dienone is 1. The molecule has 74 heavy (non-hydrogen) atoms. The number of nitrogen functional groups attached to an aromatic ring is 1. The molecule has 19 nitrogen and oxygen atoms in total. The highest BCUT2D eigenvalue weighted by atomic mass is 16.5. The number of nitrogens with one attached hydrogen (secondary N) is 3. The number of carbonyl (C=O) groups excluding carboxylic acids is 7. The van der Waals surface area contributed by atoms with Gasteiger partial charge in [-0.1, -0.05) is 62.7 Å². The summed E-state index contributed by atoms with van der Waals surface area (Å²) in [7, 11) is 0. The number of imide groups is 2. The smallest absolute Gasteiger partial charge is 0.262 e. The second kappa shape index (κ2) is 20.7. The van der Waals surface area contributed by atoms with E-state index in [4.69, 9.17) is 15.2 Å². The molecule has 3 atom stereocenters. The molecule has 0 spiro atoms. The quantitative estimate of drug-likeness (QED) is 0.118. The van der Waals surface area contributed by atoms with E-state index < -0.39 is 29.7 Å². The average Bonchev–Trinajstić information content (AvgIpc) is 4.09. The molecule has 0 radical (unpaired) electrons. The molecule has 19 heteroatoms. The largest absolute Gasteiger partial charge is 0.382 e. The molecule has 10 rings (SSSR count). The van der Waals surface area contributed by atoms with Crippen LogP contribution in [0, 0.1) is 5.92 Å². The van der Waals surface area contributed by atoms with E-state index in [0.29, 0.717) is 86.3 Å². The summed E-state index contributed by atoms with van der Waals surface area (Å²) in [6.45, 7) is 7.85. The van der Waals surface area contributed by atoms with E-state index in [1.165, 1.54) is 0 Å². The van der Waals surface area contributed by atoms with Crippen molar-refractivity contribution in [1.82, 2.24) is 40.0 Å². The third-order valence-electron chi connectivity index (χ3n) is 15.2. The van der Waals surface area contributed by atoms with Gasteiger partial charge in [-0.2, -0.15) is 0 Å². The monoisotopic (exact) mass is 1010 g/mol. The zero-order valence-electron chi connectivity index (χ0n) is 42.2. The van der Waals surface area contributed by atoms with Gasteiger partial charge in [-0.05, 0) is 93.5 Å². The Balaban J connectivity index is 0.775. The van der Waals surface area contributed by atoms with E-state index in [2.05, 4.69) is 41.5 Å². The highest BCUT2D eigenvalue weighted by molar-refractivity contribution is 6.23. The maximum absolute atomic E-state index is 14.0. The number of amides is 7. The fraction of sp³-hybridized carbons (Fsp3) is 0.455. The molecule has 1 unspecified atom stereocenters. The second-order valence-electron chi connectivity index (χ2n) is 21.5. The predicted octanol–water partition coefficient (Wildman–Crippen LogP) is 6.32. The van der Waals surface area contributed by atoms with Gasteiger partial charge in [0.15, 0.2) is 5.82 Å². The number of anilines is 3. The lowest BCUT2D eigenvalue weighted by Crippen LogP contribution is -2.54. The molecular weight excluding hydrogens is 943 g/mol. The van der Waals surface area contributed by atoms with Crippen molar-refractivity contribution in [2.75, 3.05) is 42.1 Å². The molecule has 2 aromatic carbocycles. The molecule has 2 saturated heterocycles. The summed E-state index contributed by atoms with van der Waals surface area (Å²) in [6, 6.07) is 13.5. The molecule has 5 aromatic rings. The summed E-state index contributed by atoms with van der Waals surface area (Å²) < 4.78 is 7.54. The summed E-state index contributed by atoms with van der Waals surface area (Å²) in [5.41, 5.74) is 11.6. The zero-order chi connectivity index (χ0) is 51.8. The molecule has 1 aliphatic carbocycles. The highest BCUT2D eigenvalue weighted by Gasteiger charge is 2.45. The van der Waals surface area contributed by atoms with Crippen LogP contribution in [0.2, 0.25) is 0 Å². The van der Waals surface area contributed by atoms with Crippen molar-refractivity contribution in [3.05, 3.63) is 94.8 Å². The average molecular weight is 1010 g/mol. The number of carbonyl (C=O) groups is 7. The Morgan fingerprint density at radius 3 is 2.43 bits per heavy atom. The zero-order valence-corrected chi connectivity index (χ0v) is 42.2. The van der Waals surface area contributed by atoms with Crippen molar-refractivity contribution in [2.45, 2.75) is 128 Å². The molecule has 7 amide bonds. The first kappa shape index (κ1) is 49.9. The number of nitrogens with two attached hydrogens (primary N) is 1. The van der Waals surface area contributed by atoms with Crippen LogP contribution in [0.15, 0.2) is 65.3 Å². The molecule has 2 bridgehead atoms. The number of piperidine rings is 2. The van der Waals surface area contributed by atoms with Crippen molar-refractivity contribution in [2.24, 2.45) is 5.92 Å². The van der Waals surface area contributed by atoms with E-state index in [1.54, 1.807) is 29.3 Å². The Labute approximate surface area is 428 Å². The van der Waals surface area contributed by atoms with Crippen LogP contribution in [0.4, 0.5) is 17.3 Å². The number of benzene rings is 2. The normalized spacial score (nSPS) is 21.5. The molecule has 1 saturated carbocycles. The van der Waals surface area contributed by atoms with Gasteiger partial charge in [0.05, 0.1) is 36.0 Å². The number of imidazole rings is 1. The second-order valence-corrected chi connectivity index (χ2v) is 21.5. The number of rotatable bonds is 9. The first-order chi connectivity index (χ1) is 35.6. The van der Waals surface area contributed by atoms with E-state index >= 15 is 0 Å². The van der Waals surface area contributed by atoms with Gasteiger partial charge in [0.1, 0.15) is 34.7 Å². The Hall–Kier alpha value is -7.70. The van der Waals surface area contributed by atoms with Gasteiger partial charge in [0.2, 0.25) is 29.5 Å². The lowest BCUT2D eigenvalue weighted by Gasteiger charge is -2.34. The van der Waals surface area contributed by atoms with Gasteiger partial charge in [-0.3, -0.25) is 48.2 Å². The minimum Gasteiger partial charge on any atom is -0.382 e. The third-order valence-corrected chi connectivity index (χ3v) is 15.2. The van der Waals surface area contributed by atoms with Gasteiger partial charge in [-0.25, -0.2) is 9.97 Å². The van der Waals surface area contributed by atoms with Crippen LogP contribution in [-0.4, -0.2) is 109 Å². The number of hydrogen-bond donors (Lipinski definition) is 4. The van der Waals surface area contributed by atoms with E-state index in [-0.39, 0.29) is 72.0 Å². The molecule has 386 valence electrons. The van der Waals surface area contributed by atoms with Gasteiger partial charge in [0.25, 0.3) is 11.8 Å². The van der Waals surface area contributed by atoms with Crippen molar-refractivity contribution < 1.29 is 38.1 Å². The number of aromatic nitrogens is 4. The lowest BCUT2D eigenvalue weighted by atomic mass is 9.85. The van der Waals surface area contributed by atoms with Crippen molar-refractivity contribution in [3.8, 4) is 11.3 Å². The molecule has 3 fully saturated rings. The predicted molar refractivity (Wildman–Crippen MR) is 276 cm³/mol. The summed E-state index contributed by atoms with van der Waals surface area (Å²) in [6.07, 6.45) is 13.4. The van der Waals surface area contributed by atoms with Crippen LogP contribution in [0.5, 0.6) is 0 Å². The van der Waals surface area contributed by atoms with Crippen LogP contribution < -0.4 is 26.6 Å². The van der Waals surface area contributed by atoms with Crippen LogP contribution >= 0.6 is 0 Å². The Morgan fingerprint density at radius 2 is 1.68 bits per heavy atom. The van der Waals surface area contributed by atoms with Crippen LogP contribution in [0.1, 0.15) is 147 Å². The molecule has 3 aromatic heterocycles. The van der Waals surface area contributed by atoms with Crippen LogP contribution in [-0.2, 0) is 35.8 Å². The lowest BCUT2D eigenvalue weighted by molar-refractivity contribution is -0.136.